The number of fused-ring (bicyclic) bond motifs is 7. The number of aromatic nitrogens is 3. The number of nitrogens with zero attached hydrogens (tertiary/aromatic N) is 3. The lowest BCUT2D eigenvalue weighted by Crippen LogP contribution is -2.17. The van der Waals surface area contributed by atoms with Crippen LogP contribution in [0.4, 0.5) is 0 Å². The molecule has 0 N–H and O–H groups in total. The van der Waals surface area contributed by atoms with Crippen LogP contribution in [0.15, 0.2) is 121 Å². The number of pyridine rings is 1. The number of rotatable bonds is 4. The molecular formula is C38H23N3OS. The zero-order valence-corrected chi connectivity index (χ0v) is 23.9. The lowest BCUT2D eigenvalue weighted by molar-refractivity contribution is 0.972. The van der Waals surface area contributed by atoms with E-state index in [2.05, 4.69) is 66.3 Å². The first kappa shape index (κ1) is 24.1. The van der Waals surface area contributed by atoms with Crippen LogP contribution >= 0.6 is 11.3 Å². The van der Waals surface area contributed by atoms with E-state index < -0.39 is 0 Å². The molecule has 4 nitrogen and oxygen atoms in total. The molecule has 9 aromatic rings. The summed E-state index contributed by atoms with van der Waals surface area (Å²) in [5.74, 6) is 0.591. The molecule has 9 rings (SSSR count). The average molecular weight is 570 g/mol. The van der Waals surface area contributed by atoms with E-state index in [1.165, 1.54) is 0 Å². The fraction of sp³-hybridized carbons (Fsp3) is 0. The summed E-state index contributed by atoms with van der Waals surface area (Å²) < 4.78 is 5.13. The van der Waals surface area contributed by atoms with E-state index in [4.69, 9.17) is 4.98 Å². The Morgan fingerprint density at radius 2 is 1.40 bits per heavy atom. The predicted octanol–water partition coefficient (Wildman–Crippen LogP) is 9.70. The minimum atomic E-state index is -0.0753. The molecule has 0 spiro atoms. The fourth-order valence-electron chi connectivity index (χ4n) is 6.85. The van der Waals surface area contributed by atoms with Crippen LogP contribution in [0, 0.1) is 0 Å². The molecular weight excluding hydrogens is 547 g/mol. The monoisotopic (exact) mass is 569 g/mol. The first-order valence-electron chi connectivity index (χ1n) is 14.2. The van der Waals surface area contributed by atoms with E-state index in [0.29, 0.717) is 11.3 Å². The lowest BCUT2D eigenvalue weighted by atomic mass is 9.96. The van der Waals surface area contributed by atoms with Crippen molar-refractivity contribution < 1.29 is 0 Å². The molecule has 0 radical (unpaired) electrons. The van der Waals surface area contributed by atoms with E-state index >= 15 is 0 Å². The first-order valence-corrected chi connectivity index (χ1v) is 15.0. The molecule has 4 heterocycles. The number of thiophene rings is 1. The summed E-state index contributed by atoms with van der Waals surface area (Å²) in [6.07, 6.45) is 3.80. The van der Waals surface area contributed by atoms with Gasteiger partial charge in [-0.2, -0.15) is 0 Å². The van der Waals surface area contributed by atoms with Gasteiger partial charge in [-0.25, -0.2) is 9.38 Å². The molecule has 0 saturated heterocycles. The molecule has 0 unspecified atom stereocenters. The van der Waals surface area contributed by atoms with Crippen molar-refractivity contribution in [3.63, 3.8) is 0 Å². The Bertz CT molecular complexity index is 2670. The number of para-hydroxylation sites is 1. The van der Waals surface area contributed by atoms with Gasteiger partial charge < -0.3 is 0 Å². The molecule has 43 heavy (non-hydrogen) atoms. The largest absolute Gasteiger partial charge is 0.277 e. The molecule has 4 aromatic heterocycles. The minimum absolute atomic E-state index is 0.0753. The van der Waals surface area contributed by atoms with Crippen molar-refractivity contribution in [3.05, 3.63) is 137 Å². The van der Waals surface area contributed by atoms with Crippen molar-refractivity contribution in [2.24, 2.45) is 0 Å². The summed E-state index contributed by atoms with van der Waals surface area (Å²) in [6, 6.07) is 35.2. The normalized spacial score (nSPS) is 12.0. The number of imidazole rings is 1. The Labute approximate surface area is 250 Å². The smallest absolute Gasteiger partial charge is 0.265 e. The molecule has 202 valence electrons. The maximum absolute atomic E-state index is 14.5. The van der Waals surface area contributed by atoms with Gasteiger partial charge in [0.15, 0.2) is 0 Å². The molecule has 0 saturated carbocycles. The van der Waals surface area contributed by atoms with Gasteiger partial charge in [0.05, 0.1) is 26.8 Å². The van der Waals surface area contributed by atoms with Crippen molar-refractivity contribution in [2.75, 3.05) is 0 Å². The fourth-order valence-corrected chi connectivity index (χ4v) is 8.04. The summed E-state index contributed by atoms with van der Waals surface area (Å²) in [4.78, 5) is 20.8. The van der Waals surface area contributed by atoms with Gasteiger partial charge in [-0.05, 0) is 40.3 Å². The molecule has 5 heteroatoms. The van der Waals surface area contributed by atoms with Gasteiger partial charge in [0.1, 0.15) is 0 Å². The number of hydrogen-bond acceptors (Lipinski definition) is 3. The average Bonchev–Trinajstić information content (AvgIpc) is 3.73. The van der Waals surface area contributed by atoms with Crippen LogP contribution in [0.25, 0.3) is 88.3 Å². The van der Waals surface area contributed by atoms with Gasteiger partial charge in [-0.3, -0.25) is 9.36 Å². The van der Waals surface area contributed by atoms with E-state index in [1.54, 1.807) is 11.3 Å². The van der Waals surface area contributed by atoms with Crippen molar-refractivity contribution >= 4 is 82.6 Å². The Morgan fingerprint density at radius 1 is 0.674 bits per heavy atom. The van der Waals surface area contributed by atoms with Crippen LogP contribution in [0.1, 0.15) is 10.4 Å². The molecule has 0 amide bonds. The van der Waals surface area contributed by atoms with Gasteiger partial charge in [0.25, 0.3) is 5.56 Å². The Hall–Kier alpha value is -5.52. The predicted molar refractivity (Wildman–Crippen MR) is 183 cm³/mol. The van der Waals surface area contributed by atoms with Crippen molar-refractivity contribution in [2.45, 2.75) is 0 Å². The van der Waals surface area contributed by atoms with Crippen LogP contribution in [0.2, 0.25) is 0 Å². The van der Waals surface area contributed by atoms with Crippen LogP contribution in [-0.4, -0.2) is 14.0 Å². The highest BCUT2D eigenvalue weighted by Crippen LogP contribution is 2.43. The third-order valence-corrected chi connectivity index (χ3v) is 9.89. The van der Waals surface area contributed by atoms with Crippen molar-refractivity contribution in [1.82, 2.24) is 14.0 Å². The third-order valence-electron chi connectivity index (χ3n) is 8.66. The topological polar surface area (TPSA) is 39.3 Å². The lowest BCUT2D eigenvalue weighted by Gasteiger charge is -2.12. The van der Waals surface area contributed by atoms with Crippen LogP contribution in [0.3, 0.4) is 0 Å². The first-order chi connectivity index (χ1) is 21.2. The Kier molecular flexibility index (Phi) is 4.90. The third kappa shape index (κ3) is 3.09. The molecule has 0 aliphatic carbocycles. The molecule has 0 aliphatic rings. The van der Waals surface area contributed by atoms with E-state index in [1.807, 2.05) is 71.2 Å². The van der Waals surface area contributed by atoms with Crippen LogP contribution in [-0.2, 0) is 0 Å². The summed E-state index contributed by atoms with van der Waals surface area (Å²) in [7, 11) is 0. The zero-order valence-electron chi connectivity index (χ0n) is 23.0. The van der Waals surface area contributed by atoms with Gasteiger partial charge in [0.2, 0.25) is 5.95 Å². The van der Waals surface area contributed by atoms with E-state index in [0.717, 1.165) is 75.3 Å². The highest BCUT2D eigenvalue weighted by Gasteiger charge is 2.25. The van der Waals surface area contributed by atoms with E-state index in [9.17, 15) is 4.79 Å². The molecule has 0 aliphatic heterocycles. The van der Waals surface area contributed by atoms with Crippen LogP contribution in [0.5, 0.6) is 0 Å². The van der Waals surface area contributed by atoms with Crippen molar-refractivity contribution in [3.8, 4) is 17.1 Å². The highest BCUT2D eigenvalue weighted by atomic mass is 32.1. The Balaban J connectivity index is 1.54. The van der Waals surface area contributed by atoms with Crippen LogP contribution < -0.4 is 5.56 Å². The highest BCUT2D eigenvalue weighted by molar-refractivity contribution is 7.21. The standard InChI is InChI=1S/C38H23N3OS/c1-3-23-28-19-18-27-25-14-10-11-17-31(25)40(34(27)36(28)43-32(23)4-2)38-39-30-21-20-24(22-12-6-5-7-13-22)33-26-15-8-9-16-29(26)37(42)41(38)35(30)33/h3-21H,1-2H2. The van der Waals surface area contributed by atoms with E-state index in [-0.39, 0.29) is 5.56 Å². The van der Waals surface area contributed by atoms with Gasteiger partial charge >= 0.3 is 0 Å². The summed E-state index contributed by atoms with van der Waals surface area (Å²) in [5, 5.41) is 5.98. The summed E-state index contributed by atoms with van der Waals surface area (Å²) >= 11 is 1.70. The second kappa shape index (κ2) is 8.74. The quantitative estimate of drug-likeness (QED) is 0.198. The summed E-state index contributed by atoms with van der Waals surface area (Å²) in [6.45, 7) is 8.17. The maximum atomic E-state index is 14.5. The second-order valence-electron chi connectivity index (χ2n) is 10.8. The minimum Gasteiger partial charge on any atom is -0.277 e. The number of benzene rings is 5. The molecule has 0 fully saturated rings. The SMILES string of the molecule is C=Cc1sc2c(ccc3c4ccccc4n(-c4nc5ccc(-c6ccccc6)c6c7ccccc7c(=O)n4c56)c32)c1C=C. The molecule has 0 bridgehead atoms. The van der Waals surface area contributed by atoms with Gasteiger partial charge in [0, 0.05) is 31.8 Å². The summed E-state index contributed by atoms with van der Waals surface area (Å²) in [5.41, 5.74) is 6.83. The number of hydrogen-bond donors (Lipinski definition) is 0. The molecule has 5 aromatic carbocycles. The zero-order chi connectivity index (χ0) is 28.8. The Morgan fingerprint density at radius 3 is 2.19 bits per heavy atom. The van der Waals surface area contributed by atoms with Gasteiger partial charge in [-0.1, -0.05) is 110 Å². The van der Waals surface area contributed by atoms with Gasteiger partial charge in [-0.15, -0.1) is 11.3 Å². The second-order valence-corrected chi connectivity index (χ2v) is 11.9. The van der Waals surface area contributed by atoms with Crippen molar-refractivity contribution in [1.29, 1.82) is 0 Å². The molecule has 0 atom stereocenters. The maximum Gasteiger partial charge on any atom is 0.265 e.